The lowest BCUT2D eigenvalue weighted by atomic mass is 10.1. The van der Waals surface area contributed by atoms with Gasteiger partial charge in [-0.3, -0.25) is 4.79 Å². The molecule has 1 aliphatic carbocycles. The Morgan fingerprint density at radius 2 is 1.48 bits per heavy atom. The molecule has 3 rings (SSSR count). The van der Waals surface area contributed by atoms with E-state index >= 15 is 0 Å². The average Bonchev–Trinajstić information content (AvgIpc) is 3.48. The van der Waals surface area contributed by atoms with Gasteiger partial charge >= 0.3 is 5.97 Å². The van der Waals surface area contributed by atoms with Crippen LogP contribution in [-0.2, 0) is 16.0 Å². The topological polar surface area (TPSA) is 26.3 Å². The molecule has 0 spiro atoms. The Bertz CT molecular complexity index is 809. The van der Waals surface area contributed by atoms with Gasteiger partial charge in [-0.05, 0) is 37.2 Å². The van der Waals surface area contributed by atoms with Crippen LogP contribution in [-0.4, -0.2) is 12.6 Å². The predicted molar refractivity (Wildman–Crippen MR) is 87.4 cm³/mol. The molecular weight excluding hydrogens is 367 g/mol. The molecule has 144 valence electrons. The summed E-state index contributed by atoms with van der Waals surface area (Å²) in [6.07, 6.45) is 0.763. The number of unbranched alkanes of at least 4 members (excludes halogenated alkanes) is 1. The molecule has 2 atom stereocenters. The standard InChI is InChI=1S/C20H17F5O2/c21-15-12(16(22)18(24)19(25)17(15)23)8-4-5-9-27-20(26)14-10-13(14)11-6-2-1-3-7-11/h1-3,6-7,13-14H,4-5,8-10H2/t13-,14?/m0/s1. The number of benzene rings is 2. The highest BCUT2D eigenvalue weighted by atomic mass is 19.2. The molecule has 0 saturated heterocycles. The highest BCUT2D eigenvalue weighted by molar-refractivity contribution is 5.77. The van der Waals surface area contributed by atoms with Crippen LogP contribution in [0.2, 0.25) is 0 Å². The van der Waals surface area contributed by atoms with Crippen LogP contribution in [0.3, 0.4) is 0 Å². The number of carbonyl (C=O) groups excluding carboxylic acids is 1. The molecule has 1 saturated carbocycles. The Balaban J connectivity index is 1.44. The first-order valence-electron chi connectivity index (χ1n) is 8.63. The van der Waals surface area contributed by atoms with Gasteiger partial charge < -0.3 is 4.74 Å². The molecule has 2 aromatic rings. The summed E-state index contributed by atoms with van der Waals surface area (Å²) in [6, 6.07) is 9.58. The minimum atomic E-state index is -2.17. The Labute approximate surface area is 153 Å². The lowest BCUT2D eigenvalue weighted by Crippen LogP contribution is -2.10. The lowest BCUT2D eigenvalue weighted by molar-refractivity contribution is -0.145. The van der Waals surface area contributed by atoms with Gasteiger partial charge in [0.05, 0.1) is 12.5 Å². The van der Waals surface area contributed by atoms with Gasteiger partial charge in [-0.2, -0.15) is 0 Å². The van der Waals surface area contributed by atoms with Crippen LogP contribution in [0, 0.1) is 35.0 Å². The van der Waals surface area contributed by atoms with Crippen LogP contribution in [0.4, 0.5) is 22.0 Å². The Kier molecular flexibility index (Phi) is 5.77. The van der Waals surface area contributed by atoms with E-state index in [1.165, 1.54) is 0 Å². The summed E-state index contributed by atoms with van der Waals surface area (Å²) in [5.41, 5.74) is 0.231. The van der Waals surface area contributed by atoms with E-state index < -0.39 is 34.6 Å². The second-order valence-corrected chi connectivity index (χ2v) is 6.53. The second-order valence-electron chi connectivity index (χ2n) is 6.53. The maximum atomic E-state index is 13.6. The largest absolute Gasteiger partial charge is 0.465 e. The molecule has 1 unspecified atom stereocenters. The second kappa shape index (κ2) is 8.06. The quantitative estimate of drug-likeness (QED) is 0.220. The molecule has 2 nitrogen and oxygen atoms in total. The Hall–Kier alpha value is -2.44. The predicted octanol–water partition coefficient (Wildman–Crippen LogP) is 5.05. The fourth-order valence-corrected chi connectivity index (χ4v) is 3.08. The Morgan fingerprint density at radius 3 is 2.11 bits per heavy atom. The van der Waals surface area contributed by atoms with Crippen molar-refractivity contribution in [2.45, 2.75) is 31.6 Å². The van der Waals surface area contributed by atoms with Crippen molar-refractivity contribution in [2.24, 2.45) is 5.92 Å². The maximum absolute atomic E-state index is 13.6. The van der Waals surface area contributed by atoms with Crippen molar-refractivity contribution in [2.75, 3.05) is 6.61 Å². The number of rotatable bonds is 7. The zero-order valence-electron chi connectivity index (χ0n) is 14.3. The van der Waals surface area contributed by atoms with Gasteiger partial charge in [0.2, 0.25) is 5.82 Å². The molecule has 27 heavy (non-hydrogen) atoms. The molecule has 1 aliphatic rings. The van der Waals surface area contributed by atoms with Crippen molar-refractivity contribution < 1.29 is 31.5 Å². The van der Waals surface area contributed by atoms with E-state index in [4.69, 9.17) is 4.74 Å². The van der Waals surface area contributed by atoms with E-state index in [0.717, 1.165) is 5.56 Å². The molecule has 0 bridgehead atoms. The summed E-state index contributed by atoms with van der Waals surface area (Å²) < 4.78 is 71.5. The van der Waals surface area contributed by atoms with Gasteiger partial charge in [0.15, 0.2) is 23.3 Å². The van der Waals surface area contributed by atoms with E-state index in [0.29, 0.717) is 6.42 Å². The van der Waals surface area contributed by atoms with Crippen molar-refractivity contribution in [1.29, 1.82) is 0 Å². The van der Waals surface area contributed by atoms with Gasteiger partial charge in [0, 0.05) is 5.56 Å². The van der Waals surface area contributed by atoms with Crippen LogP contribution < -0.4 is 0 Å². The molecule has 0 heterocycles. The third kappa shape index (κ3) is 4.12. The van der Waals surface area contributed by atoms with E-state index in [2.05, 4.69) is 0 Å². The lowest BCUT2D eigenvalue weighted by Gasteiger charge is -2.08. The first-order chi connectivity index (χ1) is 12.9. The highest BCUT2D eigenvalue weighted by Gasteiger charge is 2.45. The van der Waals surface area contributed by atoms with E-state index in [-0.39, 0.29) is 43.7 Å². The van der Waals surface area contributed by atoms with Gasteiger partial charge in [-0.25, -0.2) is 22.0 Å². The molecule has 0 N–H and O–H groups in total. The summed E-state index contributed by atoms with van der Waals surface area (Å²) in [7, 11) is 0. The summed E-state index contributed by atoms with van der Waals surface area (Å²) in [4.78, 5) is 12.0. The van der Waals surface area contributed by atoms with Crippen molar-refractivity contribution >= 4 is 5.97 Å². The first-order valence-corrected chi connectivity index (χ1v) is 8.63. The number of halogens is 5. The normalized spacial score (nSPS) is 18.4. The minimum absolute atomic E-state index is 0.0340. The molecular formula is C20H17F5O2. The number of esters is 1. The first kappa shape index (κ1) is 19.3. The van der Waals surface area contributed by atoms with Crippen molar-refractivity contribution in [3.63, 3.8) is 0 Å². The fraction of sp³-hybridized carbons (Fsp3) is 0.350. The Morgan fingerprint density at radius 1 is 0.889 bits per heavy atom. The fourth-order valence-electron chi connectivity index (χ4n) is 3.08. The maximum Gasteiger partial charge on any atom is 0.309 e. The SMILES string of the molecule is O=C(OCCCCc1c(F)c(F)c(F)c(F)c1F)C1C[C@H]1c1ccccc1. The smallest absolute Gasteiger partial charge is 0.309 e. The molecule has 0 amide bonds. The number of ether oxygens (including phenoxy) is 1. The van der Waals surface area contributed by atoms with Crippen LogP contribution in [0.5, 0.6) is 0 Å². The third-order valence-electron chi connectivity index (χ3n) is 4.69. The van der Waals surface area contributed by atoms with Gasteiger partial charge in [0.1, 0.15) is 0 Å². The summed E-state index contributed by atoms with van der Waals surface area (Å²) in [5, 5.41) is 0. The van der Waals surface area contributed by atoms with E-state index in [1.807, 2.05) is 30.3 Å². The van der Waals surface area contributed by atoms with Crippen LogP contribution in [0.1, 0.15) is 36.3 Å². The molecule has 0 aromatic heterocycles. The molecule has 2 aromatic carbocycles. The van der Waals surface area contributed by atoms with E-state index in [1.54, 1.807) is 0 Å². The molecule has 7 heteroatoms. The zero-order valence-corrected chi connectivity index (χ0v) is 14.3. The highest BCUT2D eigenvalue weighted by Crippen LogP contribution is 2.48. The average molecular weight is 384 g/mol. The monoisotopic (exact) mass is 384 g/mol. The van der Waals surface area contributed by atoms with Crippen molar-refractivity contribution in [3.05, 3.63) is 70.5 Å². The van der Waals surface area contributed by atoms with Gasteiger partial charge in [-0.15, -0.1) is 0 Å². The summed E-state index contributed by atoms with van der Waals surface area (Å²) in [6.45, 7) is 0.0340. The summed E-state index contributed by atoms with van der Waals surface area (Å²) in [5.74, 6) is -10.1. The molecule has 0 aliphatic heterocycles. The van der Waals surface area contributed by atoms with Gasteiger partial charge in [0.25, 0.3) is 0 Å². The van der Waals surface area contributed by atoms with Crippen LogP contribution >= 0.6 is 0 Å². The number of carbonyl (C=O) groups is 1. The molecule has 1 fully saturated rings. The van der Waals surface area contributed by atoms with Crippen molar-refractivity contribution in [3.8, 4) is 0 Å². The molecule has 0 radical (unpaired) electrons. The minimum Gasteiger partial charge on any atom is -0.465 e. The van der Waals surface area contributed by atoms with Gasteiger partial charge in [-0.1, -0.05) is 30.3 Å². The zero-order chi connectivity index (χ0) is 19.6. The third-order valence-corrected chi connectivity index (χ3v) is 4.69. The van der Waals surface area contributed by atoms with Crippen LogP contribution in [0.15, 0.2) is 30.3 Å². The van der Waals surface area contributed by atoms with Crippen LogP contribution in [0.25, 0.3) is 0 Å². The number of hydrogen-bond donors (Lipinski definition) is 0. The summed E-state index contributed by atoms with van der Waals surface area (Å²) >= 11 is 0. The van der Waals surface area contributed by atoms with Crippen molar-refractivity contribution in [1.82, 2.24) is 0 Å². The number of hydrogen-bond acceptors (Lipinski definition) is 2. The van der Waals surface area contributed by atoms with E-state index in [9.17, 15) is 26.7 Å².